The molecular weight excluding hydrogens is 324 g/mol. The van der Waals surface area contributed by atoms with Gasteiger partial charge in [0.1, 0.15) is 0 Å². The maximum Gasteiger partial charge on any atom is 0.305 e. The molecule has 2 aliphatic heterocycles. The molecule has 2 aromatic rings. The first-order valence-electron chi connectivity index (χ1n) is 10.3. The smallest absolute Gasteiger partial charge is 0.305 e. The molecule has 3 unspecified atom stereocenters. The predicted molar refractivity (Wildman–Crippen MR) is 104 cm³/mol. The lowest BCUT2D eigenvalue weighted by Gasteiger charge is -2.48. The number of rotatable bonds is 5. The van der Waals surface area contributed by atoms with Crippen molar-refractivity contribution in [3.8, 4) is 0 Å². The zero-order valence-electron chi connectivity index (χ0n) is 16.0. The fourth-order valence-electron chi connectivity index (χ4n) is 5.27. The Hall–Kier alpha value is -1.81. The summed E-state index contributed by atoms with van der Waals surface area (Å²) in [5.74, 6) is 0.422. The van der Waals surface area contributed by atoms with Crippen molar-refractivity contribution in [1.29, 1.82) is 0 Å². The molecule has 0 bridgehead atoms. The topological polar surface area (TPSA) is 45.3 Å². The molecule has 1 aromatic carbocycles. The van der Waals surface area contributed by atoms with Crippen LogP contribution in [0.1, 0.15) is 75.6 Å². The molecule has 2 aliphatic rings. The molecule has 4 heteroatoms. The number of H-pyrrole nitrogens is 1. The highest BCUT2D eigenvalue weighted by molar-refractivity contribution is 5.86. The van der Waals surface area contributed by atoms with E-state index in [-0.39, 0.29) is 5.97 Å². The Morgan fingerprint density at radius 2 is 2.12 bits per heavy atom. The zero-order valence-corrected chi connectivity index (χ0v) is 16.0. The lowest BCUT2D eigenvalue weighted by molar-refractivity contribution is -0.143. The third-order valence-corrected chi connectivity index (χ3v) is 6.30. The minimum absolute atomic E-state index is 0.0550. The van der Waals surface area contributed by atoms with Crippen molar-refractivity contribution in [3.63, 3.8) is 0 Å². The Balaban J connectivity index is 1.73. The molecule has 4 nitrogen and oxygen atoms in total. The zero-order chi connectivity index (χ0) is 18.1. The first-order chi connectivity index (χ1) is 12.7. The van der Waals surface area contributed by atoms with Gasteiger partial charge in [-0.1, -0.05) is 31.5 Å². The summed E-state index contributed by atoms with van der Waals surface area (Å²) in [6.45, 7) is 5.78. The van der Waals surface area contributed by atoms with Gasteiger partial charge in [0.05, 0.1) is 12.6 Å². The van der Waals surface area contributed by atoms with Crippen LogP contribution in [0.25, 0.3) is 10.9 Å². The van der Waals surface area contributed by atoms with E-state index in [1.807, 2.05) is 6.92 Å². The first kappa shape index (κ1) is 17.6. The highest BCUT2D eigenvalue weighted by atomic mass is 16.5. The van der Waals surface area contributed by atoms with Crippen molar-refractivity contribution in [2.75, 3.05) is 13.2 Å². The molecule has 26 heavy (non-hydrogen) atoms. The minimum Gasteiger partial charge on any atom is -0.466 e. The number of piperidine rings is 1. The molecule has 1 fully saturated rings. The van der Waals surface area contributed by atoms with Gasteiger partial charge >= 0.3 is 5.97 Å². The molecule has 0 spiro atoms. The number of aromatic amines is 1. The number of para-hydroxylation sites is 1. The van der Waals surface area contributed by atoms with Gasteiger partial charge in [-0.2, -0.15) is 0 Å². The minimum atomic E-state index is -0.0550. The van der Waals surface area contributed by atoms with E-state index in [4.69, 9.17) is 4.74 Å². The van der Waals surface area contributed by atoms with Gasteiger partial charge in [0.25, 0.3) is 0 Å². The SMILES string of the molecule is CCOC(=O)CCC1C(CC)c2c([nH]c3ccccc23)C2CCCCN21. The van der Waals surface area contributed by atoms with E-state index in [9.17, 15) is 4.79 Å². The maximum absolute atomic E-state index is 12.0. The van der Waals surface area contributed by atoms with Crippen molar-refractivity contribution in [2.45, 2.75) is 70.4 Å². The highest BCUT2D eigenvalue weighted by Gasteiger charge is 2.42. The monoisotopic (exact) mass is 354 g/mol. The highest BCUT2D eigenvalue weighted by Crippen LogP contribution is 2.49. The Morgan fingerprint density at radius 3 is 2.92 bits per heavy atom. The standard InChI is InChI=1S/C22H30N2O2/c1-3-15-18(12-13-20(25)26-4-2)24-14-8-7-11-19(24)22-21(15)16-9-5-6-10-17(16)23-22/h5-6,9-10,15,18-19,23H,3-4,7-8,11-14H2,1-2H3. The van der Waals surface area contributed by atoms with Crippen molar-refractivity contribution in [2.24, 2.45) is 0 Å². The van der Waals surface area contributed by atoms with Crippen molar-refractivity contribution in [1.82, 2.24) is 9.88 Å². The summed E-state index contributed by atoms with van der Waals surface area (Å²) >= 11 is 0. The van der Waals surface area contributed by atoms with Crippen LogP contribution in [-0.4, -0.2) is 35.0 Å². The molecule has 1 aromatic heterocycles. The lowest BCUT2D eigenvalue weighted by atomic mass is 9.76. The van der Waals surface area contributed by atoms with Crippen LogP contribution in [0.15, 0.2) is 24.3 Å². The van der Waals surface area contributed by atoms with Crippen molar-refractivity contribution >= 4 is 16.9 Å². The molecule has 0 amide bonds. The molecule has 140 valence electrons. The van der Waals surface area contributed by atoms with Crippen LogP contribution in [0.5, 0.6) is 0 Å². The van der Waals surface area contributed by atoms with E-state index in [2.05, 4.69) is 41.1 Å². The van der Waals surface area contributed by atoms with Gasteiger partial charge in [0.15, 0.2) is 0 Å². The Kier molecular flexibility index (Phi) is 5.03. The summed E-state index contributed by atoms with van der Waals surface area (Å²) in [5, 5.41) is 1.38. The summed E-state index contributed by atoms with van der Waals surface area (Å²) < 4.78 is 5.20. The number of carbonyl (C=O) groups excluding carboxylic acids is 1. The maximum atomic E-state index is 12.0. The van der Waals surface area contributed by atoms with Gasteiger partial charge in [-0.25, -0.2) is 0 Å². The van der Waals surface area contributed by atoms with E-state index < -0.39 is 0 Å². The van der Waals surface area contributed by atoms with Crippen LogP contribution in [0.3, 0.4) is 0 Å². The number of esters is 1. The molecule has 3 heterocycles. The largest absolute Gasteiger partial charge is 0.466 e. The quantitative estimate of drug-likeness (QED) is 0.776. The predicted octanol–water partition coefficient (Wildman–Crippen LogP) is 4.91. The molecule has 0 aliphatic carbocycles. The summed E-state index contributed by atoms with van der Waals surface area (Å²) in [5.41, 5.74) is 4.21. The fourth-order valence-corrected chi connectivity index (χ4v) is 5.27. The third-order valence-electron chi connectivity index (χ3n) is 6.30. The number of ether oxygens (including phenoxy) is 1. The number of hydrogen-bond donors (Lipinski definition) is 1. The number of benzene rings is 1. The molecule has 1 saturated heterocycles. The number of nitrogens with one attached hydrogen (secondary N) is 1. The second kappa shape index (κ2) is 7.43. The van der Waals surface area contributed by atoms with Gasteiger partial charge in [0, 0.05) is 35.0 Å². The third kappa shape index (κ3) is 2.94. The molecule has 1 N–H and O–H groups in total. The number of hydrogen-bond acceptors (Lipinski definition) is 3. The van der Waals surface area contributed by atoms with Crippen LogP contribution in [0.2, 0.25) is 0 Å². The van der Waals surface area contributed by atoms with Crippen LogP contribution >= 0.6 is 0 Å². The summed E-state index contributed by atoms with van der Waals surface area (Å²) in [4.78, 5) is 18.4. The molecule has 4 rings (SSSR count). The average molecular weight is 354 g/mol. The van der Waals surface area contributed by atoms with Crippen molar-refractivity contribution in [3.05, 3.63) is 35.5 Å². The van der Waals surface area contributed by atoms with Crippen LogP contribution < -0.4 is 0 Å². The molecule has 3 atom stereocenters. The molecular formula is C22H30N2O2. The van der Waals surface area contributed by atoms with E-state index in [0.717, 1.165) is 19.4 Å². The fraction of sp³-hybridized carbons (Fsp3) is 0.591. The Labute approximate surface area is 155 Å². The molecule has 0 saturated carbocycles. The lowest BCUT2D eigenvalue weighted by Crippen LogP contribution is -2.48. The van der Waals surface area contributed by atoms with Crippen LogP contribution in [-0.2, 0) is 9.53 Å². The van der Waals surface area contributed by atoms with Crippen LogP contribution in [0, 0.1) is 0 Å². The van der Waals surface area contributed by atoms with Gasteiger partial charge < -0.3 is 9.72 Å². The first-order valence-corrected chi connectivity index (χ1v) is 10.3. The second-order valence-corrected chi connectivity index (χ2v) is 7.67. The normalized spacial score (nSPS) is 25.7. The average Bonchev–Trinajstić information content (AvgIpc) is 3.06. The van der Waals surface area contributed by atoms with Crippen LogP contribution in [0.4, 0.5) is 0 Å². The van der Waals surface area contributed by atoms with Gasteiger partial charge in [0.2, 0.25) is 0 Å². The number of aromatic nitrogens is 1. The molecule has 0 radical (unpaired) electrons. The number of fused-ring (bicyclic) bond motifs is 5. The van der Waals surface area contributed by atoms with E-state index in [1.165, 1.54) is 41.4 Å². The van der Waals surface area contributed by atoms with E-state index >= 15 is 0 Å². The summed E-state index contributed by atoms with van der Waals surface area (Å²) in [6.07, 6.45) is 6.29. The van der Waals surface area contributed by atoms with Gasteiger partial charge in [-0.3, -0.25) is 9.69 Å². The number of nitrogens with zero attached hydrogens (tertiary/aromatic N) is 1. The Morgan fingerprint density at radius 1 is 1.27 bits per heavy atom. The summed E-state index contributed by atoms with van der Waals surface area (Å²) in [6, 6.07) is 9.61. The summed E-state index contributed by atoms with van der Waals surface area (Å²) in [7, 11) is 0. The van der Waals surface area contributed by atoms with E-state index in [0.29, 0.717) is 31.0 Å². The van der Waals surface area contributed by atoms with Crippen molar-refractivity contribution < 1.29 is 9.53 Å². The second-order valence-electron chi connectivity index (χ2n) is 7.67. The van der Waals surface area contributed by atoms with Gasteiger partial charge in [-0.05, 0) is 50.8 Å². The Bertz CT molecular complexity index is 782. The van der Waals surface area contributed by atoms with E-state index in [1.54, 1.807) is 0 Å². The number of carbonyl (C=O) groups is 1. The van der Waals surface area contributed by atoms with Gasteiger partial charge in [-0.15, -0.1) is 0 Å².